The number of nitrogens with zero attached hydrogens (tertiary/aromatic N) is 2. The Kier molecular flexibility index (Phi) is 6.27. The lowest BCUT2D eigenvalue weighted by atomic mass is 10.0. The van der Waals surface area contributed by atoms with Gasteiger partial charge in [-0.1, -0.05) is 11.6 Å². The smallest absolute Gasteiger partial charge is 0.341 e. The van der Waals surface area contributed by atoms with E-state index in [1.807, 2.05) is 19.1 Å². The summed E-state index contributed by atoms with van der Waals surface area (Å²) in [7, 11) is 0. The van der Waals surface area contributed by atoms with Crippen LogP contribution >= 0.6 is 24.0 Å². The molecule has 7 heteroatoms. The van der Waals surface area contributed by atoms with Gasteiger partial charge in [0.15, 0.2) is 0 Å². The van der Waals surface area contributed by atoms with E-state index in [0.29, 0.717) is 30.4 Å². The Morgan fingerprint density at radius 3 is 2.75 bits per heavy atom. The van der Waals surface area contributed by atoms with Crippen molar-refractivity contribution in [2.24, 2.45) is 0 Å². The number of carbonyl (C=O) groups is 1. The number of aromatic nitrogens is 1. The summed E-state index contributed by atoms with van der Waals surface area (Å²) in [6.07, 6.45) is 1.59. The molecule has 1 fully saturated rings. The Labute approximate surface area is 152 Å². The van der Waals surface area contributed by atoms with Crippen LogP contribution < -0.4 is 4.90 Å². The number of aryl methyl sites for hydroxylation is 1. The van der Waals surface area contributed by atoms with Crippen LogP contribution in [-0.2, 0) is 9.47 Å². The molecule has 130 valence electrons. The van der Waals surface area contributed by atoms with Gasteiger partial charge in [0.2, 0.25) is 0 Å². The van der Waals surface area contributed by atoms with E-state index >= 15 is 0 Å². The molecule has 2 aromatic rings. The first-order valence-electron chi connectivity index (χ1n) is 7.71. The van der Waals surface area contributed by atoms with Gasteiger partial charge in [0, 0.05) is 29.7 Å². The zero-order valence-electron chi connectivity index (χ0n) is 13.7. The maximum Gasteiger partial charge on any atom is 0.341 e. The van der Waals surface area contributed by atoms with E-state index in [1.54, 1.807) is 13.1 Å². The van der Waals surface area contributed by atoms with Crippen molar-refractivity contribution < 1.29 is 14.3 Å². The zero-order chi connectivity index (χ0) is 16.4. The lowest BCUT2D eigenvalue weighted by Gasteiger charge is -2.31. The molecule has 1 aromatic heterocycles. The number of fused-ring (bicyclic) bond motifs is 1. The number of anilines is 1. The van der Waals surface area contributed by atoms with E-state index < -0.39 is 0 Å². The number of rotatable bonds is 3. The highest BCUT2D eigenvalue weighted by atomic mass is 35.5. The normalized spacial score (nSPS) is 14.4. The fourth-order valence-electron chi connectivity index (χ4n) is 2.85. The van der Waals surface area contributed by atoms with Crippen LogP contribution in [0.1, 0.15) is 22.8 Å². The van der Waals surface area contributed by atoms with Gasteiger partial charge < -0.3 is 14.4 Å². The van der Waals surface area contributed by atoms with Gasteiger partial charge in [-0.2, -0.15) is 0 Å². The SMILES string of the molecule is CCOC(=O)c1cnc2c(C)c(Cl)ccc2c1N1CCOCC1.Cl. The summed E-state index contributed by atoms with van der Waals surface area (Å²) in [4.78, 5) is 19.0. The minimum atomic E-state index is -0.351. The van der Waals surface area contributed by atoms with E-state index in [-0.39, 0.29) is 18.4 Å². The number of hydrogen-bond acceptors (Lipinski definition) is 5. The molecule has 0 bridgehead atoms. The predicted octanol–water partition coefficient (Wildman–Crippen LogP) is 3.63. The highest BCUT2D eigenvalue weighted by Crippen LogP contribution is 2.34. The summed E-state index contributed by atoms with van der Waals surface area (Å²) in [6.45, 7) is 6.80. The molecule has 1 saturated heterocycles. The van der Waals surface area contributed by atoms with Gasteiger partial charge in [-0.3, -0.25) is 4.98 Å². The van der Waals surface area contributed by atoms with Gasteiger partial charge in [0.05, 0.1) is 31.0 Å². The summed E-state index contributed by atoms with van der Waals surface area (Å²) < 4.78 is 10.6. The van der Waals surface area contributed by atoms with E-state index in [4.69, 9.17) is 21.1 Å². The summed E-state index contributed by atoms with van der Waals surface area (Å²) in [6, 6.07) is 3.77. The molecule has 5 nitrogen and oxygen atoms in total. The van der Waals surface area contributed by atoms with Crippen LogP contribution in [0.2, 0.25) is 5.02 Å². The van der Waals surface area contributed by atoms with Gasteiger partial charge in [-0.25, -0.2) is 4.79 Å². The molecule has 0 radical (unpaired) electrons. The first-order chi connectivity index (χ1) is 11.1. The summed E-state index contributed by atoms with van der Waals surface area (Å²) >= 11 is 6.21. The van der Waals surface area contributed by atoms with Crippen molar-refractivity contribution in [3.05, 3.63) is 34.5 Å². The zero-order valence-corrected chi connectivity index (χ0v) is 15.2. The monoisotopic (exact) mass is 370 g/mol. The van der Waals surface area contributed by atoms with Gasteiger partial charge in [-0.05, 0) is 31.5 Å². The Balaban J connectivity index is 0.00000208. The number of ether oxygens (including phenoxy) is 2. The third-order valence-corrected chi connectivity index (χ3v) is 4.43. The Hall–Kier alpha value is -1.56. The largest absolute Gasteiger partial charge is 0.462 e. The molecule has 3 rings (SSSR count). The van der Waals surface area contributed by atoms with E-state index in [2.05, 4.69) is 9.88 Å². The lowest BCUT2D eigenvalue weighted by Crippen LogP contribution is -2.37. The summed E-state index contributed by atoms with van der Waals surface area (Å²) in [5, 5.41) is 1.58. The van der Waals surface area contributed by atoms with Gasteiger partial charge in [0.25, 0.3) is 0 Å². The highest BCUT2D eigenvalue weighted by Gasteiger charge is 2.23. The van der Waals surface area contributed by atoms with Gasteiger partial charge in [-0.15, -0.1) is 12.4 Å². The van der Waals surface area contributed by atoms with Crippen LogP contribution in [0, 0.1) is 6.92 Å². The molecule has 1 aliphatic rings. The standard InChI is InChI=1S/C17H19ClN2O3.ClH/c1-3-23-17(21)13-10-19-15-11(2)14(18)5-4-12(15)16(13)20-6-8-22-9-7-20;/h4-5,10H,3,6-9H2,1-2H3;1H. The van der Waals surface area contributed by atoms with Crippen LogP contribution in [0.3, 0.4) is 0 Å². The first kappa shape index (κ1) is 18.8. The summed E-state index contributed by atoms with van der Waals surface area (Å²) in [5.74, 6) is -0.351. The number of morpholine rings is 1. The molecular formula is C17H20Cl2N2O3. The van der Waals surface area contributed by atoms with Crippen molar-refractivity contribution in [1.82, 2.24) is 4.98 Å². The molecule has 1 aromatic carbocycles. The number of esters is 1. The van der Waals surface area contributed by atoms with Crippen LogP contribution in [0.4, 0.5) is 5.69 Å². The maximum absolute atomic E-state index is 12.4. The van der Waals surface area contributed by atoms with Crippen molar-refractivity contribution in [2.45, 2.75) is 13.8 Å². The van der Waals surface area contributed by atoms with E-state index in [0.717, 1.165) is 35.2 Å². The number of halogens is 2. The first-order valence-corrected chi connectivity index (χ1v) is 8.09. The molecule has 0 atom stereocenters. The van der Waals surface area contributed by atoms with Crippen molar-refractivity contribution in [3.8, 4) is 0 Å². The average molecular weight is 371 g/mol. The van der Waals surface area contributed by atoms with Crippen molar-refractivity contribution in [1.29, 1.82) is 0 Å². The molecule has 1 aliphatic heterocycles. The fraction of sp³-hybridized carbons (Fsp3) is 0.412. The fourth-order valence-corrected chi connectivity index (χ4v) is 3.01. The summed E-state index contributed by atoms with van der Waals surface area (Å²) in [5.41, 5.74) is 3.07. The lowest BCUT2D eigenvalue weighted by molar-refractivity contribution is 0.0526. The molecule has 0 spiro atoms. The van der Waals surface area contributed by atoms with Gasteiger partial charge >= 0.3 is 5.97 Å². The second-order valence-electron chi connectivity index (χ2n) is 5.41. The average Bonchev–Trinajstić information content (AvgIpc) is 2.58. The minimum absolute atomic E-state index is 0. The molecule has 0 aliphatic carbocycles. The molecule has 0 N–H and O–H groups in total. The van der Waals surface area contributed by atoms with Crippen LogP contribution in [0.15, 0.2) is 18.3 Å². The second-order valence-corrected chi connectivity index (χ2v) is 5.82. The molecule has 24 heavy (non-hydrogen) atoms. The Morgan fingerprint density at radius 1 is 1.38 bits per heavy atom. The number of carbonyl (C=O) groups excluding carboxylic acids is 1. The third-order valence-electron chi connectivity index (χ3n) is 4.02. The molecular weight excluding hydrogens is 351 g/mol. The van der Waals surface area contributed by atoms with E-state index in [9.17, 15) is 4.79 Å². The van der Waals surface area contributed by atoms with Crippen molar-refractivity contribution in [2.75, 3.05) is 37.8 Å². The predicted molar refractivity (Wildman–Crippen MR) is 97.7 cm³/mol. The Bertz CT molecular complexity index is 746. The number of pyridine rings is 1. The Morgan fingerprint density at radius 2 is 2.08 bits per heavy atom. The minimum Gasteiger partial charge on any atom is -0.462 e. The molecule has 0 unspecified atom stereocenters. The van der Waals surface area contributed by atoms with E-state index in [1.165, 1.54) is 0 Å². The molecule has 0 amide bonds. The second kappa shape index (κ2) is 8.01. The van der Waals surface area contributed by atoms with Crippen LogP contribution in [0.5, 0.6) is 0 Å². The highest BCUT2D eigenvalue weighted by molar-refractivity contribution is 6.32. The van der Waals surface area contributed by atoms with Crippen LogP contribution in [0.25, 0.3) is 10.9 Å². The maximum atomic E-state index is 12.4. The molecule has 2 heterocycles. The van der Waals surface area contributed by atoms with Crippen molar-refractivity contribution in [3.63, 3.8) is 0 Å². The number of benzene rings is 1. The van der Waals surface area contributed by atoms with Crippen molar-refractivity contribution >= 4 is 46.6 Å². The van der Waals surface area contributed by atoms with Gasteiger partial charge in [0.1, 0.15) is 5.56 Å². The topological polar surface area (TPSA) is 51.7 Å². The third kappa shape index (κ3) is 3.43. The quantitative estimate of drug-likeness (QED) is 0.772. The van der Waals surface area contributed by atoms with Crippen LogP contribution in [-0.4, -0.2) is 43.9 Å². The number of hydrogen-bond donors (Lipinski definition) is 0. The molecule has 0 saturated carbocycles.